The van der Waals surface area contributed by atoms with Gasteiger partial charge in [-0.25, -0.2) is 0 Å². The minimum Gasteiger partial charge on any atom is -0.390 e. The Bertz CT molecular complexity index is 1110. The highest BCUT2D eigenvalue weighted by molar-refractivity contribution is 6.36. The molecule has 1 aromatic carbocycles. The lowest BCUT2D eigenvalue weighted by Crippen LogP contribution is -2.42. The van der Waals surface area contributed by atoms with E-state index in [9.17, 15) is 14.7 Å². The molecule has 2 aromatic rings. The van der Waals surface area contributed by atoms with Crippen LogP contribution in [0.4, 0.5) is 5.69 Å². The van der Waals surface area contributed by atoms with Crippen LogP contribution >= 0.6 is 0 Å². The fraction of sp³-hybridized carbons (Fsp3) is 0.462. The van der Waals surface area contributed by atoms with Gasteiger partial charge in [-0.15, -0.1) is 0 Å². The second-order valence-corrected chi connectivity index (χ2v) is 9.41. The van der Waals surface area contributed by atoms with E-state index in [1.54, 1.807) is 0 Å². The van der Waals surface area contributed by atoms with Gasteiger partial charge < -0.3 is 25.6 Å². The molecule has 0 saturated carbocycles. The van der Waals surface area contributed by atoms with Gasteiger partial charge in [0.1, 0.15) is 0 Å². The first kappa shape index (κ1) is 21.9. The first-order valence-corrected chi connectivity index (χ1v) is 12.1. The number of rotatable bonds is 5. The maximum atomic E-state index is 13.1. The van der Waals surface area contributed by atoms with E-state index in [1.807, 2.05) is 31.2 Å². The van der Waals surface area contributed by atoms with E-state index in [1.165, 1.54) is 19.3 Å². The Balaban J connectivity index is 1.37. The van der Waals surface area contributed by atoms with Crippen molar-refractivity contribution in [2.45, 2.75) is 51.6 Å². The molecule has 0 spiro atoms. The second-order valence-electron chi connectivity index (χ2n) is 9.41. The van der Waals surface area contributed by atoms with E-state index in [0.29, 0.717) is 17.7 Å². The zero-order chi connectivity index (χ0) is 22.9. The highest BCUT2D eigenvalue weighted by Crippen LogP contribution is 2.42. The molecule has 0 radical (unpaired) electrons. The molecule has 1 aliphatic carbocycles. The van der Waals surface area contributed by atoms with E-state index in [2.05, 4.69) is 20.5 Å². The normalized spacial score (nSPS) is 21.3. The third-order valence-corrected chi connectivity index (χ3v) is 7.06. The third-order valence-electron chi connectivity index (χ3n) is 7.06. The Morgan fingerprint density at radius 2 is 1.94 bits per heavy atom. The van der Waals surface area contributed by atoms with Crippen LogP contribution in [0, 0.1) is 6.92 Å². The fourth-order valence-corrected chi connectivity index (χ4v) is 5.53. The smallest absolute Gasteiger partial charge is 0.256 e. The summed E-state index contributed by atoms with van der Waals surface area (Å²) in [6.07, 6.45) is 5.49. The molecule has 1 saturated heterocycles. The Kier molecular flexibility index (Phi) is 6.08. The van der Waals surface area contributed by atoms with Crippen molar-refractivity contribution in [3.05, 3.63) is 52.3 Å². The van der Waals surface area contributed by atoms with Gasteiger partial charge in [0.05, 0.1) is 17.2 Å². The van der Waals surface area contributed by atoms with Crippen molar-refractivity contribution >= 4 is 28.6 Å². The van der Waals surface area contributed by atoms with Crippen LogP contribution in [0.5, 0.6) is 0 Å². The molecule has 7 nitrogen and oxygen atoms in total. The number of nitrogens with one attached hydrogen (secondary N) is 3. The number of anilines is 1. The van der Waals surface area contributed by atoms with Crippen LogP contribution in [-0.2, 0) is 11.2 Å². The number of aromatic amines is 1. The van der Waals surface area contributed by atoms with Gasteiger partial charge in [0.25, 0.3) is 11.8 Å². The molecule has 3 aliphatic rings. The molecule has 1 fully saturated rings. The number of H-pyrrole nitrogens is 1. The number of aryl methyl sites for hydroxylation is 1. The summed E-state index contributed by atoms with van der Waals surface area (Å²) in [4.78, 5) is 31.6. The lowest BCUT2D eigenvalue weighted by molar-refractivity contribution is -0.110. The molecule has 7 heteroatoms. The number of carbonyl (C=O) groups excluding carboxylic acids is 2. The van der Waals surface area contributed by atoms with Crippen molar-refractivity contribution in [2.75, 3.05) is 31.5 Å². The lowest BCUT2D eigenvalue weighted by Gasteiger charge is -2.28. The summed E-state index contributed by atoms with van der Waals surface area (Å²) in [5, 5.41) is 16.4. The fourth-order valence-electron chi connectivity index (χ4n) is 5.53. The van der Waals surface area contributed by atoms with E-state index in [0.717, 1.165) is 66.1 Å². The van der Waals surface area contributed by atoms with Gasteiger partial charge in [0.2, 0.25) is 0 Å². The van der Waals surface area contributed by atoms with E-state index >= 15 is 0 Å². The summed E-state index contributed by atoms with van der Waals surface area (Å²) in [7, 11) is 0. The first-order chi connectivity index (χ1) is 16.0. The van der Waals surface area contributed by atoms with Gasteiger partial charge in [-0.05, 0) is 69.3 Å². The average Bonchev–Trinajstić information content (AvgIpc) is 3.33. The zero-order valence-corrected chi connectivity index (χ0v) is 19.2. The van der Waals surface area contributed by atoms with Crippen molar-refractivity contribution in [3.8, 4) is 0 Å². The van der Waals surface area contributed by atoms with Crippen molar-refractivity contribution in [1.29, 1.82) is 0 Å². The number of likely N-dealkylation sites (tertiary alicyclic amines) is 1. The van der Waals surface area contributed by atoms with Crippen LogP contribution in [0.1, 0.15) is 65.0 Å². The topological polar surface area (TPSA) is 97.5 Å². The molecule has 3 heterocycles. The number of piperidine rings is 1. The quantitative estimate of drug-likeness (QED) is 0.529. The summed E-state index contributed by atoms with van der Waals surface area (Å²) >= 11 is 0. The maximum absolute atomic E-state index is 13.1. The number of β-amino-alcohol motifs (C(OH)–C–C–N with tert-alkyl or cyclic N) is 1. The largest absolute Gasteiger partial charge is 0.390 e. The van der Waals surface area contributed by atoms with E-state index in [-0.39, 0.29) is 18.4 Å². The molecule has 1 unspecified atom stereocenters. The molecule has 0 bridgehead atoms. The number of aliphatic hydroxyl groups is 1. The molecule has 174 valence electrons. The number of carbonyl (C=O) groups is 2. The number of aliphatic hydroxyl groups excluding tert-OH is 1. The van der Waals surface area contributed by atoms with Gasteiger partial charge >= 0.3 is 0 Å². The van der Waals surface area contributed by atoms with Crippen LogP contribution < -0.4 is 10.6 Å². The summed E-state index contributed by atoms with van der Waals surface area (Å²) in [5.41, 5.74) is 6.77. The van der Waals surface area contributed by atoms with Gasteiger partial charge in [-0.2, -0.15) is 0 Å². The average molecular weight is 449 g/mol. The first-order valence-electron chi connectivity index (χ1n) is 12.1. The number of fused-ring (bicyclic) bond motifs is 2. The van der Waals surface area contributed by atoms with Gasteiger partial charge in [-0.1, -0.05) is 24.6 Å². The molecule has 33 heavy (non-hydrogen) atoms. The molecule has 1 atom stereocenters. The van der Waals surface area contributed by atoms with Crippen molar-refractivity contribution < 1.29 is 14.7 Å². The highest BCUT2D eigenvalue weighted by Gasteiger charge is 2.32. The van der Waals surface area contributed by atoms with Crippen molar-refractivity contribution in [1.82, 2.24) is 15.2 Å². The lowest BCUT2D eigenvalue weighted by atomic mass is 9.86. The van der Waals surface area contributed by atoms with Crippen LogP contribution in [0.3, 0.4) is 0 Å². The number of nitrogens with zero attached hydrogens (tertiary/aromatic N) is 1. The Morgan fingerprint density at radius 1 is 1.15 bits per heavy atom. The Labute approximate surface area is 194 Å². The van der Waals surface area contributed by atoms with Gasteiger partial charge in [0.15, 0.2) is 0 Å². The number of benzene rings is 1. The molecule has 2 amide bonds. The number of amides is 2. The zero-order valence-electron chi connectivity index (χ0n) is 19.2. The minimum atomic E-state index is -0.585. The monoisotopic (exact) mass is 448 g/mol. The van der Waals surface area contributed by atoms with E-state index in [4.69, 9.17) is 0 Å². The minimum absolute atomic E-state index is 0.0851. The van der Waals surface area contributed by atoms with Crippen molar-refractivity contribution in [2.24, 2.45) is 0 Å². The number of aromatic nitrogens is 1. The van der Waals surface area contributed by atoms with Gasteiger partial charge in [0, 0.05) is 35.7 Å². The number of para-hydroxylation sites is 1. The number of hydrogen-bond acceptors (Lipinski definition) is 4. The van der Waals surface area contributed by atoms with Crippen LogP contribution in [0.2, 0.25) is 0 Å². The molecular formula is C26H32N4O3. The second kappa shape index (κ2) is 9.15. The van der Waals surface area contributed by atoms with Crippen LogP contribution in [0.15, 0.2) is 24.3 Å². The van der Waals surface area contributed by atoms with E-state index < -0.39 is 6.10 Å². The molecule has 1 aromatic heterocycles. The SMILES string of the molecule is Cc1[nH]c2c(c1C(=O)NCC(O)CN1CCCCC1)CCCC2=C1C(=O)Nc2ccccc21. The predicted molar refractivity (Wildman–Crippen MR) is 129 cm³/mol. The Morgan fingerprint density at radius 3 is 2.76 bits per heavy atom. The van der Waals surface area contributed by atoms with Gasteiger partial charge in [-0.3, -0.25) is 9.59 Å². The molecule has 4 N–H and O–H groups in total. The molecule has 5 rings (SSSR count). The summed E-state index contributed by atoms with van der Waals surface area (Å²) in [5.74, 6) is -0.247. The summed E-state index contributed by atoms with van der Waals surface area (Å²) in [6, 6.07) is 7.74. The van der Waals surface area contributed by atoms with Crippen LogP contribution in [0.25, 0.3) is 11.1 Å². The number of allylic oxidation sites excluding steroid dienone is 1. The molecular weight excluding hydrogens is 416 g/mol. The summed E-state index contributed by atoms with van der Waals surface area (Å²) in [6.45, 7) is 4.77. The molecule has 2 aliphatic heterocycles. The number of hydrogen-bond donors (Lipinski definition) is 4. The third kappa shape index (κ3) is 4.23. The predicted octanol–water partition coefficient (Wildman–Crippen LogP) is 3.10. The standard InChI is InChI=1S/C26H32N4O3/c1-16-22(25(32)27-14-17(31)15-30-12-5-2-6-13-30)19-9-7-10-20(24(19)28-16)23-18-8-3-4-11-21(18)29-26(23)33/h3-4,8,11,17,28,31H,2,5-7,9-10,12-15H2,1H3,(H,27,32)(H,29,33). The van der Waals surface area contributed by atoms with Crippen LogP contribution in [-0.4, -0.2) is 59.1 Å². The highest BCUT2D eigenvalue weighted by atomic mass is 16.3. The maximum Gasteiger partial charge on any atom is 0.256 e. The summed E-state index contributed by atoms with van der Waals surface area (Å²) < 4.78 is 0. The Hall–Kier alpha value is -2.90. The van der Waals surface area contributed by atoms with Crippen molar-refractivity contribution in [3.63, 3.8) is 0 Å².